The van der Waals surface area contributed by atoms with Gasteiger partial charge in [-0.25, -0.2) is 4.98 Å². The van der Waals surface area contributed by atoms with Crippen LogP contribution >= 0.6 is 0 Å². The number of hydrogen-bond donors (Lipinski definition) is 2. The fourth-order valence-electron chi connectivity index (χ4n) is 1.31. The molecule has 5 nitrogen and oxygen atoms in total. The minimum atomic E-state index is -0.342. The van der Waals surface area contributed by atoms with Gasteiger partial charge >= 0.3 is 0 Å². The molecule has 0 saturated heterocycles. The first-order valence-electron chi connectivity index (χ1n) is 5.54. The smallest absolute Gasteiger partial charge is 0.225 e. The molecule has 0 aliphatic heterocycles. The molecule has 94 valence electrons. The Morgan fingerprint density at radius 3 is 2.76 bits per heavy atom. The Morgan fingerprint density at radius 2 is 2.24 bits per heavy atom. The molecule has 0 fully saturated rings. The summed E-state index contributed by atoms with van der Waals surface area (Å²) in [7, 11) is 0. The molecule has 17 heavy (non-hydrogen) atoms. The molecule has 0 atom stereocenters. The maximum absolute atomic E-state index is 8.77. The van der Waals surface area contributed by atoms with Gasteiger partial charge in [0.2, 0.25) is 5.88 Å². The number of aromatic nitrogens is 1. The topological polar surface area (TPSA) is 80.7 Å². The van der Waals surface area contributed by atoms with Crippen molar-refractivity contribution in [2.75, 3.05) is 0 Å². The molecule has 0 radical (unpaired) electrons. The van der Waals surface area contributed by atoms with Crippen LogP contribution in [0.5, 0.6) is 5.88 Å². The SMILES string of the molecule is CCC(C)(C)Oc1nccc(C)c1/C(N)=N/O. The highest BCUT2D eigenvalue weighted by atomic mass is 16.5. The van der Waals surface area contributed by atoms with Crippen LogP contribution in [0.25, 0.3) is 0 Å². The molecular formula is C12H19N3O2. The molecule has 0 bridgehead atoms. The number of ether oxygens (including phenoxy) is 1. The highest BCUT2D eigenvalue weighted by Crippen LogP contribution is 2.24. The van der Waals surface area contributed by atoms with E-state index in [0.717, 1.165) is 12.0 Å². The summed E-state index contributed by atoms with van der Waals surface area (Å²) in [6, 6.07) is 1.79. The third-order valence-electron chi connectivity index (χ3n) is 2.71. The molecule has 1 aromatic rings. The molecule has 1 rings (SSSR count). The second-order valence-corrected chi connectivity index (χ2v) is 4.51. The second-order valence-electron chi connectivity index (χ2n) is 4.51. The molecule has 5 heteroatoms. The summed E-state index contributed by atoms with van der Waals surface area (Å²) >= 11 is 0. The van der Waals surface area contributed by atoms with E-state index in [-0.39, 0.29) is 11.4 Å². The molecule has 0 aliphatic carbocycles. The monoisotopic (exact) mass is 237 g/mol. The molecule has 0 saturated carbocycles. The summed E-state index contributed by atoms with van der Waals surface area (Å²) in [5, 5.41) is 11.8. The zero-order valence-corrected chi connectivity index (χ0v) is 10.7. The largest absolute Gasteiger partial charge is 0.471 e. The lowest BCUT2D eigenvalue weighted by Crippen LogP contribution is -2.29. The van der Waals surface area contributed by atoms with Crippen LogP contribution in [0.15, 0.2) is 17.4 Å². The van der Waals surface area contributed by atoms with Gasteiger partial charge in [-0.05, 0) is 38.8 Å². The minimum absolute atomic E-state index is 0.0116. The third-order valence-corrected chi connectivity index (χ3v) is 2.71. The van der Waals surface area contributed by atoms with Crippen molar-refractivity contribution in [3.05, 3.63) is 23.4 Å². The molecule has 0 amide bonds. The number of hydrogen-bond acceptors (Lipinski definition) is 4. The van der Waals surface area contributed by atoms with Crippen LogP contribution in [-0.4, -0.2) is 21.6 Å². The Labute approximate surface area is 101 Å². The third kappa shape index (κ3) is 3.09. The second kappa shape index (κ2) is 5.03. The van der Waals surface area contributed by atoms with Crippen LogP contribution in [0.2, 0.25) is 0 Å². The van der Waals surface area contributed by atoms with E-state index >= 15 is 0 Å². The summed E-state index contributed by atoms with van der Waals surface area (Å²) < 4.78 is 5.80. The van der Waals surface area contributed by atoms with Gasteiger partial charge in [-0.15, -0.1) is 0 Å². The van der Waals surface area contributed by atoms with E-state index in [1.807, 2.05) is 27.7 Å². The average molecular weight is 237 g/mol. The first kappa shape index (κ1) is 13.3. The van der Waals surface area contributed by atoms with Crippen molar-refractivity contribution in [3.8, 4) is 5.88 Å². The van der Waals surface area contributed by atoms with Crippen LogP contribution < -0.4 is 10.5 Å². The molecule has 1 aromatic heterocycles. The Hall–Kier alpha value is -1.78. The highest BCUT2D eigenvalue weighted by Gasteiger charge is 2.22. The maximum atomic E-state index is 8.77. The zero-order valence-electron chi connectivity index (χ0n) is 10.7. The molecule has 0 aromatic carbocycles. The minimum Gasteiger partial charge on any atom is -0.471 e. The lowest BCUT2D eigenvalue weighted by molar-refractivity contribution is 0.0986. The van der Waals surface area contributed by atoms with Gasteiger partial charge in [-0.2, -0.15) is 0 Å². The maximum Gasteiger partial charge on any atom is 0.225 e. The van der Waals surface area contributed by atoms with Crippen LogP contribution in [0.4, 0.5) is 0 Å². The van der Waals surface area contributed by atoms with E-state index in [9.17, 15) is 0 Å². The summed E-state index contributed by atoms with van der Waals surface area (Å²) in [5.41, 5.74) is 6.69. The fraction of sp³-hybridized carbons (Fsp3) is 0.500. The zero-order chi connectivity index (χ0) is 13.1. The molecule has 0 spiro atoms. The van der Waals surface area contributed by atoms with Gasteiger partial charge < -0.3 is 15.7 Å². The molecular weight excluding hydrogens is 218 g/mol. The van der Waals surface area contributed by atoms with E-state index in [0.29, 0.717) is 11.4 Å². The Bertz CT molecular complexity index is 428. The first-order valence-corrected chi connectivity index (χ1v) is 5.54. The number of aryl methyl sites for hydroxylation is 1. The Morgan fingerprint density at radius 1 is 1.59 bits per heavy atom. The predicted molar refractivity (Wildman–Crippen MR) is 66.5 cm³/mol. The number of nitrogens with two attached hydrogens (primary N) is 1. The van der Waals surface area contributed by atoms with Gasteiger partial charge in [-0.3, -0.25) is 0 Å². The van der Waals surface area contributed by atoms with Crippen molar-refractivity contribution in [1.29, 1.82) is 0 Å². The molecule has 0 aliphatic rings. The van der Waals surface area contributed by atoms with Gasteiger partial charge in [0.15, 0.2) is 5.84 Å². The Balaban J connectivity index is 3.21. The quantitative estimate of drug-likeness (QED) is 0.363. The number of amidine groups is 1. The van der Waals surface area contributed by atoms with Gasteiger partial charge in [-0.1, -0.05) is 12.1 Å². The fourth-order valence-corrected chi connectivity index (χ4v) is 1.31. The van der Waals surface area contributed by atoms with Crippen molar-refractivity contribution in [3.63, 3.8) is 0 Å². The van der Waals surface area contributed by atoms with Crippen molar-refractivity contribution in [2.45, 2.75) is 39.7 Å². The van der Waals surface area contributed by atoms with E-state index in [2.05, 4.69) is 10.1 Å². The Kier molecular flexibility index (Phi) is 3.93. The van der Waals surface area contributed by atoms with E-state index in [1.54, 1.807) is 12.3 Å². The normalized spacial score (nSPS) is 12.6. The van der Waals surface area contributed by atoms with E-state index in [1.165, 1.54) is 0 Å². The van der Waals surface area contributed by atoms with Crippen molar-refractivity contribution >= 4 is 5.84 Å². The number of rotatable bonds is 4. The number of nitrogens with zero attached hydrogens (tertiary/aromatic N) is 2. The van der Waals surface area contributed by atoms with Gasteiger partial charge in [0, 0.05) is 6.20 Å². The van der Waals surface area contributed by atoms with E-state index in [4.69, 9.17) is 15.7 Å². The van der Waals surface area contributed by atoms with Crippen molar-refractivity contribution in [2.24, 2.45) is 10.9 Å². The lowest BCUT2D eigenvalue weighted by Gasteiger charge is -2.25. The number of pyridine rings is 1. The summed E-state index contributed by atoms with van der Waals surface area (Å²) in [6.07, 6.45) is 2.47. The summed E-state index contributed by atoms with van der Waals surface area (Å²) in [4.78, 5) is 4.15. The average Bonchev–Trinajstić information content (AvgIpc) is 2.28. The first-order chi connectivity index (χ1) is 7.91. The molecule has 3 N–H and O–H groups in total. The van der Waals surface area contributed by atoms with Gasteiger partial charge in [0.05, 0.1) is 5.56 Å². The van der Waals surface area contributed by atoms with Gasteiger partial charge in [0.1, 0.15) is 5.60 Å². The van der Waals surface area contributed by atoms with Gasteiger partial charge in [0.25, 0.3) is 0 Å². The molecule has 0 unspecified atom stereocenters. The van der Waals surface area contributed by atoms with Crippen LogP contribution in [0, 0.1) is 6.92 Å². The van der Waals surface area contributed by atoms with Crippen LogP contribution in [0.1, 0.15) is 38.3 Å². The molecule has 1 heterocycles. The van der Waals surface area contributed by atoms with Crippen molar-refractivity contribution < 1.29 is 9.94 Å². The summed E-state index contributed by atoms with van der Waals surface area (Å²) in [6.45, 7) is 7.82. The van der Waals surface area contributed by atoms with E-state index < -0.39 is 0 Å². The summed E-state index contributed by atoms with van der Waals surface area (Å²) in [5.74, 6) is 0.407. The number of oxime groups is 1. The standard InChI is InChI=1S/C12H19N3O2/c1-5-12(3,4)17-11-9(10(13)15-16)8(2)6-7-14-11/h6-7,16H,5H2,1-4H3,(H2,13,15). The lowest BCUT2D eigenvalue weighted by atomic mass is 10.1. The van der Waals surface area contributed by atoms with Crippen LogP contribution in [0.3, 0.4) is 0 Å². The van der Waals surface area contributed by atoms with Crippen molar-refractivity contribution in [1.82, 2.24) is 4.98 Å². The highest BCUT2D eigenvalue weighted by molar-refractivity contribution is 6.00. The van der Waals surface area contributed by atoms with Crippen LogP contribution in [-0.2, 0) is 0 Å². The predicted octanol–water partition coefficient (Wildman–Crippen LogP) is 2.05.